The highest BCUT2D eigenvalue weighted by Gasteiger charge is 2.44. The molecule has 0 atom stereocenters. The average Bonchev–Trinajstić information content (AvgIpc) is 2.23. The Morgan fingerprint density at radius 3 is 2.75 bits per heavy atom. The van der Waals surface area contributed by atoms with Crippen LogP contribution in [0.2, 0.25) is 0 Å². The molecule has 1 aliphatic rings. The lowest BCUT2D eigenvalue weighted by molar-refractivity contribution is -0.183. The summed E-state index contributed by atoms with van der Waals surface area (Å²) in [5.74, 6) is 0. The second kappa shape index (κ2) is 3.94. The van der Waals surface area contributed by atoms with E-state index in [1.165, 1.54) is 0 Å². The summed E-state index contributed by atoms with van der Waals surface area (Å²) in [6, 6.07) is 6.84. The molecule has 0 unspecified atom stereocenters. The first kappa shape index (κ1) is 10.6. The molecule has 1 amide bonds. The highest BCUT2D eigenvalue weighted by atomic mass is 16.6. The Hall–Kier alpha value is -1.88. The summed E-state index contributed by atoms with van der Waals surface area (Å²) in [4.78, 5) is 21.5. The summed E-state index contributed by atoms with van der Waals surface area (Å²) in [6.07, 6.45) is -0.110. The number of rotatable bonds is 3. The van der Waals surface area contributed by atoms with Gasteiger partial charge in [0.2, 0.25) is 0 Å². The van der Waals surface area contributed by atoms with E-state index in [0.29, 0.717) is 5.56 Å². The third-order valence-corrected chi connectivity index (χ3v) is 2.52. The van der Waals surface area contributed by atoms with E-state index in [1.807, 2.05) is 0 Å². The Bertz CT molecular complexity index is 426. The van der Waals surface area contributed by atoms with Crippen molar-refractivity contribution in [1.82, 2.24) is 0 Å². The van der Waals surface area contributed by atoms with Gasteiger partial charge in [-0.3, -0.25) is 4.79 Å². The molecule has 84 valence electrons. The molecule has 0 spiro atoms. The molecule has 1 aromatic rings. The fraction of sp³-hybridized carbons (Fsp3) is 0.273. The van der Waals surface area contributed by atoms with Gasteiger partial charge >= 0.3 is 6.09 Å². The Labute approximate surface area is 92.1 Å². The van der Waals surface area contributed by atoms with Gasteiger partial charge in [0.25, 0.3) is 0 Å². The average molecular weight is 221 g/mol. The van der Waals surface area contributed by atoms with Crippen LogP contribution in [-0.2, 0) is 15.1 Å². The van der Waals surface area contributed by atoms with Crippen molar-refractivity contribution in [3.63, 3.8) is 0 Å². The zero-order valence-electron chi connectivity index (χ0n) is 8.51. The van der Waals surface area contributed by atoms with Crippen molar-refractivity contribution < 1.29 is 19.1 Å². The zero-order valence-corrected chi connectivity index (χ0v) is 8.51. The summed E-state index contributed by atoms with van der Waals surface area (Å²) in [5.41, 5.74) is 5.43. The molecular formula is C11H11NO4. The fourth-order valence-corrected chi connectivity index (χ4v) is 1.66. The normalized spacial score (nSPS) is 17.2. The standard InChI is InChI=1S/C11H11NO4/c12-10(14)16-11(6-15-7-11)9-3-1-2-8(4-9)5-13/h1-5H,6-7H2,(H2,12,14). The molecule has 0 aromatic heterocycles. The Balaban J connectivity index is 2.32. The first-order chi connectivity index (χ1) is 7.66. The van der Waals surface area contributed by atoms with Crippen LogP contribution in [0.5, 0.6) is 0 Å². The minimum atomic E-state index is -0.847. The summed E-state index contributed by atoms with van der Waals surface area (Å²) in [7, 11) is 0. The maximum atomic E-state index is 10.8. The molecule has 0 saturated carbocycles. The molecule has 2 N–H and O–H groups in total. The van der Waals surface area contributed by atoms with E-state index < -0.39 is 11.7 Å². The highest BCUT2D eigenvalue weighted by molar-refractivity contribution is 5.75. The van der Waals surface area contributed by atoms with Gasteiger partial charge in [0.15, 0.2) is 5.60 Å². The Kier molecular flexibility index (Phi) is 2.62. The van der Waals surface area contributed by atoms with E-state index in [9.17, 15) is 9.59 Å². The van der Waals surface area contributed by atoms with Gasteiger partial charge in [-0.05, 0) is 6.07 Å². The van der Waals surface area contributed by atoms with E-state index >= 15 is 0 Å². The second-order valence-electron chi connectivity index (χ2n) is 3.65. The minimum absolute atomic E-state index is 0.262. The van der Waals surface area contributed by atoms with E-state index in [2.05, 4.69) is 0 Å². The first-order valence-electron chi connectivity index (χ1n) is 4.78. The predicted molar refractivity (Wildman–Crippen MR) is 55.0 cm³/mol. The molecule has 0 radical (unpaired) electrons. The number of benzene rings is 1. The SMILES string of the molecule is NC(=O)OC1(c2cccc(C=O)c2)COC1. The lowest BCUT2D eigenvalue weighted by Gasteiger charge is -2.40. The predicted octanol–water partition coefficient (Wildman–Crippen LogP) is 0.820. The fourth-order valence-electron chi connectivity index (χ4n) is 1.66. The molecule has 1 heterocycles. The number of ether oxygens (including phenoxy) is 2. The van der Waals surface area contributed by atoms with Crippen LogP contribution in [-0.4, -0.2) is 25.6 Å². The molecule has 1 saturated heterocycles. The third-order valence-electron chi connectivity index (χ3n) is 2.52. The molecule has 1 aromatic carbocycles. The summed E-state index contributed by atoms with van der Waals surface area (Å²) < 4.78 is 10.1. The van der Waals surface area contributed by atoms with Gasteiger partial charge in [-0.2, -0.15) is 0 Å². The maximum absolute atomic E-state index is 10.8. The second-order valence-corrected chi connectivity index (χ2v) is 3.65. The number of aldehydes is 1. The van der Waals surface area contributed by atoms with Gasteiger partial charge in [0, 0.05) is 11.1 Å². The van der Waals surface area contributed by atoms with Gasteiger partial charge in [-0.15, -0.1) is 0 Å². The lowest BCUT2D eigenvalue weighted by atomic mass is 9.90. The van der Waals surface area contributed by atoms with Crippen molar-refractivity contribution in [3.05, 3.63) is 35.4 Å². The molecule has 16 heavy (non-hydrogen) atoms. The van der Waals surface area contributed by atoms with Crippen LogP contribution in [0, 0.1) is 0 Å². The van der Waals surface area contributed by atoms with Crippen molar-refractivity contribution in [1.29, 1.82) is 0 Å². The Morgan fingerprint density at radius 1 is 1.50 bits per heavy atom. The highest BCUT2D eigenvalue weighted by Crippen LogP contribution is 2.33. The monoisotopic (exact) mass is 221 g/mol. The molecular weight excluding hydrogens is 210 g/mol. The molecule has 0 aliphatic carbocycles. The van der Waals surface area contributed by atoms with E-state index in [4.69, 9.17) is 15.2 Å². The van der Waals surface area contributed by atoms with Gasteiger partial charge in [0.1, 0.15) is 6.29 Å². The van der Waals surface area contributed by atoms with Crippen LogP contribution in [0.25, 0.3) is 0 Å². The molecule has 1 fully saturated rings. The third kappa shape index (κ3) is 1.77. The molecule has 0 bridgehead atoms. The summed E-state index contributed by atoms with van der Waals surface area (Å²) in [6.45, 7) is 0.524. The van der Waals surface area contributed by atoms with Gasteiger partial charge in [-0.1, -0.05) is 18.2 Å². The van der Waals surface area contributed by atoms with Crippen LogP contribution >= 0.6 is 0 Å². The number of nitrogens with two attached hydrogens (primary N) is 1. The topological polar surface area (TPSA) is 78.6 Å². The summed E-state index contributed by atoms with van der Waals surface area (Å²) in [5, 5.41) is 0. The van der Waals surface area contributed by atoms with Crippen molar-refractivity contribution in [2.45, 2.75) is 5.60 Å². The molecule has 2 rings (SSSR count). The number of carbonyl (C=O) groups excluding carboxylic acids is 2. The maximum Gasteiger partial charge on any atom is 0.405 e. The van der Waals surface area contributed by atoms with Crippen LogP contribution in [0.3, 0.4) is 0 Å². The molecule has 5 heteroatoms. The van der Waals surface area contributed by atoms with Crippen LogP contribution < -0.4 is 5.73 Å². The minimum Gasteiger partial charge on any atom is -0.433 e. The Morgan fingerprint density at radius 2 is 2.25 bits per heavy atom. The lowest BCUT2D eigenvalue weighted by Crippen LogP contribution is -2.51. The first-order valence-corrected chi connectivity index (χ1v) is 4.78. The number of carbonyl (C=O) groups is 2. The van der Waals surface area contributed by atoms with Gasteiger partial charge in [-0.25, -0.2) is 4.79 Å². The van der Waals surface area contributed by atoms with Gasteiger partial charge < -0.3 is 15.2 Å². The van der Waals surface area contributed by atoms with Gasteiger partial charge in [0.05, 0.1) is 13.2 Å². The zero-order chi connectivity index (χ0) is 11.6. The number of primary amides is 1. The molecule has 5 nitrogen and oxygen atoms in total. The van der Waals surface area contributed by atoms with Crippen molar-refractivity contribution in [2.24, 2.45) is 5.73 Å². The van der Waals surface area contributed by atoms with Crippen LogP contribution in [0.4, 0.5) is 4.79 Å². The van der Waals surface area contributed by atoms with Crippen LogP contribution in [0.1, 0.15) is 15.9 Å². The van der Waals surface area contributed by atoms with Crippen LogP contribution in [0.15, 0.2) is 24.3 Å². The van der Waals surface area contributed by atoms with E-state index in [0.717, 1.165) is 11.8 Å². The van der Waals surface area contributed by atoms with E-state index in [1.54, 1.807) is 24.3 Å². The largest absolute Gasteiger partial charge is 0.433 e. The number of amides is 1. The smallest absolute Gasteiger partial charge is 0.405 e. The van der Waals surface area contributed by atoms with Crippen molar-refractivity contribution >= 4 is 12.4 Å². The van der Waals surface area contributed by atoms with E-state index in [-0.39, 0.29) is 13.2 Å². The number of hydrogen-bond donors (Lipinski definition) is 1. The van der Waals surface area contributed by atoms with Crippen molar-refractivity contribution in [2.75, 3.05) is 13.2 Å². The number of hydrogen-bond acceptors (Lipinski definition) is 4. The van der Waals surface area contributed by atoms with Crippen molar-refractivity contribution in [3.8, 4) is 0 Å². The molecule has 1 aliphatic heterocycles. The summed E-state index contributed by atoms with van der Waals surface area (Å²) >= 11 is 0. The quantitative estimate of drug-likeness (QED) is 0.766.